The molecule has 3 heteroatoms. The minimum absolute atomic E-state index is 1.10. The molecule has 98 valence electrons. The number of nitrogens with one attached hydrogen (secondary N) is 1. The van der Waals surface area contributed by atoms with Crippen LogP contribution in [0, 0.1) is 0 Å². The maximum atomic E-state index is 3.53. The maximum Gasteiger partial charge on any atom is 0.0107 e. The van der Waals surface area contributed by atoms with Gasteiger partial charge in [-0.05, 0) is 54.9 Å². The Morgan fingerprint density at radius 2 is 2.12 bits per heavy atom. The minimum atomic E-state index is 1.10. The van der Waals surface area contributed by atoms with E-state index in [9.17, 15) is 0 Å². The first-order valence-electron chi connectivity index (χ1n) is 6.81. The number of hydrogen-bond acceptors (Lipinski definition) is 3. The van der Waals surface area contributed by atoms with Gasteiger partial charge < -0.3 is 10.2 Å². The van der Waals surface area contributed by atoms with Gasteiger partial charge in [-0.25, -0.2) is 0 Å². The van der Waals surface area contributed by atoms with E-state index in [0.29, 0.717) is 0 Å². The molecule has 17 heavy (non-hydrogen) atoms. The van der Waals surface area contributed by atoms with Gasteiger partial charge in [0.1, 0.15) is 0 Å². The summed E-state index contributed by atoms with van der Waals surface area (Å²) in [5.74, 6) is 0. The molecule has 0 aliphatic rings. The molecule has 0 saturated heterocycles. The topological polar surface area (TPSA) is 15.3 Å². The van der Waals surface area contributed by atoms with Crippen LogP contribution in [0.25, 0.3) is 0 Å². The predicted octanol–water partition coefficient (Wildman–Crippen LogP) is 3.00. The molecule has 0 unspecified atom stereocenters. The fraction of sp³-hybridized carbons (Fsp3) is 0.714. The Morgan fingerprint density at radius 3 is 2.76 bits per heavy atom. The SMILES string of the molecule is CCCCN(CC)CCNCCc1ccsc1. The largest absolute Gasteiger partial charge is 0.315 e. The van der Waals surface area contributed by atoms with Gasteiger partial charge in [0.05, 0.1) is 0 Å². The standard InChI is InChI=1S/C14H26N2S/c1-3-5-10-16(4-2)11-9-15-8-6-14-7-12-17-13-14/h7,12-13,15H,3-6,8-11H2,1-2H3. The molecule has 0 amide bonds. The van der Waals surface area contributed by atoms with E-state index in [-0.39, 0.29) is 0 Å². The van der Waals surface area contributed by atoms with Crippen molar-refractivity contribution in [3.05, 3.63) is 22.4 Å². The summed E-state index contributed by atoms with van der Waals surface area (Å²) in [5, 5.41) is 7.92. The molecule has 1 heterocycles. The Kier molecular flexibility index (Phi) is 8.32. The molecule has 1 N–H and O–H groups in total. The van der Waals surface area contributed by atoms with Crippen LogP contribution in [0.5, 0.6) is 0 Å². The highest BCUT2D eigenvalue weighted by Gasteiger charge is 2.00. The highest BCUT2D eigenvalue weighted by atomic mass is 32.1. The lowest BCUT2D eigenvalue weighted by Crippen LogP contribution is -2.33. The van der Waals surface area contributed by atoms with E-state index in [0.717, 1.165) is 19.5 Å². The first-order chi connectivity index (χ1) is 8.36. The quantitative estimate of drug-likeness (QED) is 0.646. The van der Waals surface area contributed by atoms with Crippen LogP contribution < -0.4 is 5.32 Å². The van der Waals surface area contributed by atoms with E-state index >= 15 is 0 Å². The number of likely N-dealkylation sites (N-methyl/N-ethyl adjacent to an activating group) is 1. The Hall–Kier alpha value is -0.380. The molecule has 0 fully saturated rings. The Balaban J connectivity index is 1.98. The van der Waals surface area contributed by atoms with E-state index in [4.69, 9.17) is 0 Å². The fourth-order valence-corrected chi connectivity index (χ4v) is 2.54. The third kappa shape index (κ3) is 6.81. The molecule has 0 spiro atoms. The molecule has 0 aliphatic carbocycles. The van der Waals surface area contributed by atoms with Crippen LogP contribution >= 0.6 is 11.3 Å². The Bertz CT molecular complexity index is 259. The molecular formula is C14H26N2S. The van der Waals surface area contributed by atoms with Crippen LogP contribution in [0.2, 0.25) is 0 Å². The minimum Gasteiger partial charge on any atom is -0.315 e. The molecule has 1 rings (SSSR count). The molecule has 0 aliphatic heterocycles. The van der Waals surface area contributed by atoms with E-state index in [1.54, 1.807) is 11.3 Å². The number of hydrogen-bond donors (Lipinski definition) is 1. The zero-order valence-electron chi connectivity index (χ0n) is 11.2. The van der Waals surface area contributed by atoms with Crippen LogP contribution in [0.3, 0.4) is 0 Å². The summed E-state index contributed by atoms with van der Waals surface area (Å²) in [6.07, 6.45) is 3.77. The summed E-state index contributed by atoms with van der Waals surface area (Å²) in [4.78, 5) is 2.53. The summed E-state index contributed by atoms with van der Waals surface area (Å²) in [5.41, 5.74) is 1.46. The van der Waals surface area contributed by atoms with Crippen LogP contribution in [-0.2, 0) is 6.42 Å². The van der Waals surface area contributed by atoms with Gasteiger partial charge in [0, 0.05) is 13.1 Å². The average Bonchev–Trinajstić information content (AvgIpc) is 2.85. The van der Waals surface area contributed by atoms with Gasteiger partial charge in [-0.2, -0.15) is 11.3 Å². The second kappa shape index (κ2) is 9.63. The lowest BCUT2D eigenvalue weighted by atomic mass is 10.2. The number of unbranched alkanes of at least 4 members (excludes halogenated alkanes) is 1. The van der Waals surface area contributed by atoms with Gasteiger partial charge in [-0.15, -0.1) is 0 Å². The number of rotatable bonds is 10. The van der Waals surface area contributed by atoms with Crippen molar-refractivity contribution < 1.29 is 0 Å². The van der Waals surface area contributed by atoms with Crippen LogP contribution in [-0.4, -0.2) is 37.6 Å². The van der Waals surface area contributed by atoms with E-state index in [2.05, 4.69) is 40.9 Å². The van der Waals surface area contributed by atoms with Gasteiger partial charge in [0.2, 0.25) is 0 Å². The lowest BCUT2D eigenvalue weighted by molar-refractivity contribution is 0.283. The van der Waals surface area contributed by atoms with E-state index < -0.39 is 0 Å². The maximum absolute atomic E-state index is 3.53. The summed E-state index contributed by atoms with van der Waals surface area (Å²) in [6, 6.07) is 2.21. The van der Waals surface area contributed by atoms with Crippen LogP contribution in [0.1, 0.15) is 32.3 Å². The molecule has 0 saturated carbocycles. The Morgan fingerprint density at radius 1 is 1.24 bits per heavy atom. The predicted molar refractivity (Wildman–Crippen MR) is 77.9 cm³/mol. The molecule has 0 radical (unpaired) electrons. The van der Waals surface area contributed by atoms with Crippen molar-refractivity contribution in [1.29, 1.82) is 0 Å². The second-order valence-corrected chi connectivity index (χ2v) is 5.20. The second-order valence-electron chi connectivity index (χ2n) is 4.42. The van der Waals surface area contributed by atoms with Crippen molar-refractivity contribution in [2.24, 2.45) is 0 Å². The molecule has 0 aromatic carbocycles. The van der Waals surface area contributed by atoms with Gasteiger partial charge in [0.15, 0.2) is 0 Å². The zero-order valence-corrected chi connectivity index (χ0v) is 12.1. The van der Waals surface area contributed by atoms with Gasteiger partial charge >= 0.3 is 0 Å². The fourth-order valence-electron chi connectivity index (χ4n) is 1.84. The third-order valence-electron chi connectivity index (χ3n) is 3.05. The first kappa shape index (κ1) is 14.7. The molecule has 2 nitrogen and oxygen atoms in total. The third-order valence-corrected chi connectivity index (χ3v) is 3.78. The number of thiophene rings is 1. The highest BCUT2D eigenvalue weighted by molar-refractivity contribution is 7.07. The molecule has 0 bridgehead atoms. The molecule has 1 aromatic rings. The molecule has 0 atom stereocenters. The first-order valence-corrected chi connectivity index (χ1v) is 7.75. The average molecular weight is 254 g/mol. The monoisotopic (exact) mass is 254 g/mol. The van der Waals surface area contributed by atoms with Crippen molar-refractivity contribution in [1.82, 2.24) is 10.2 Å². The van der Waals surface area contributed by atoms with Crippen molar-refractivity contribution in [3.63, 3.8) is 0 Å². The van der Waals surface area contributed by atoms with Crippen molar-refractivity contribution in [2.45, 2.75) is 33.1 Å². The van der Waals surface area contributed by atoms with Crippen molar-refractivity contribution in [2.75, 3.05) is 32.7 Å². The summed E-state index contributed by atoms with van der Waals surface area (Å²) in [7, 11) is 0. The van der Waals surface area contributed by atoms with E-state index in [1.807, 2.05) is 0 Å². The normalized spacial score (nSPS) is 11.2. The van der Waals surface area contributed by atoms with Crippen LogP contribution in [0.15, 0.2) is 16.8 Å². The Labute approximate surface area is 110 Å². The van der Waals surface area contributed by atoms with Gasteiger partial charge in [0.25, 0.3) is 0 Å². The molecular weight excluding hydrogens is 228 g/mol. The summed E-state index contributed by atoms with van der Waals surface area (Å²) < 4.78 is 0. The smallest absolute Gasteiger partial charge is 0.0107 e. The molecule has 1 aromatic heterocycles. The zero-order chi connectivity index (χ0) is 12.3. The number of nitrogens with zero attached hydrogens (tertiary/aromatic N) is 1. The highest BCUT2D eigenvalue weighted by Crippen LogP contribution is 2.05. The van der Waals surface area contributed by atoms with Gasteiger partial charge in [-0.3, -0.25) is 0 Å². The van der Waals surface area contributed by atoms with Crippen molar-refractivity contribution >= 4 is 11.3 Å². The lowest BCUT2D eigenvalue weighted by Gasteiger charge is -2.20. The van der Waals surface area contributed by atoms with Crippen LogP contribution in [0.4, 0.5) is 0 Å². The van der Waals surface area contributed by atoms with E-state index in [1.165, 1.54) is 38.0 Å². The summed E-state index contributed by atoms with van der Waals surface area (Å²) in [6.45, 7) is 10.3. The van der Waals surface area contributed by atoms with Crippen molar-refractivity contribution in [3.8, 4) is 0 Å². The summed E-state index contributed by atoms with van der Waals surface area (Å²) >= 11 is 1.78. The van der Waals surface area contributed by atoms with Gasteiger partial charge in [-0.1, -0.05) is 20.3 Å².